The van der Waals surface area contributed by atoms with Crippen molar-refractivity contribution < 1.29 is 19.4 Å². The molecular weight excluding hydrogens is 244 g/mol. The molecule has 2 unspecified atom stereocenters. The highest BCUT2D eigenvalue weighted by Crippen LogP contribution is 2.22. The molecule has 4 nitrogen and oxygen atoms in total. The third-order valence-electron chi connectivity index (χ3n) is 2.84. The van der Waals surface area contributed by atoms with Gasteiger partial charge in [-0.05, 0) is 24.6 Å². The van der Waals surface area contributed by atoms with Crippen LogP contribution in [0.1, 0.15) is 38.9 Å². The fourth-order valence-electron chi connectivity index (χ4n) is 1.66. The Balaban J connectivity index is 2.53. The zero-order chi connectivity index (χ0) is 14.4. The minimum absolute atomic E-state index is 0.152. The number of hydrogen-bond donors (Lipinski definition) is 1. The molecule has 0 aliphatic heterocycles. The first-order chi connectivity index (χ1) is 8.93. The molecule has 0 amide bonds. The number of rotatable bonds is 6. The standard InChI is InChI=1S/C15H22O4/c1-10(2)15(17)19-11(3)9-14(16)12-5-7-13(18-4)8-6-12/h5-8,10-11,14,16H,9H2,1-4H3. The predicted molar refractivity (Wildman–Crippen MR) is 73.0 cm³/mol. The van der Waals surface area contributed by atoms with Gasteiger partial charge in [-0.3, -0.25) is 4.79 Å². The Labute approximate surface area is 114 Å². The van der Waals surface area contributed by atoms with Gasteiger partial charge >= 0.3 is 5.97 Å². The Bertz CT molecular complexity index is 397. The Morgan fingerprint density at radius 2 is 1.79 bits per heavy atom. The zero-order valence-electron chi connectivity index (χ0n) is 11.9. The van der Waals surface area contributed by atoms with Gasteiger partial charge in [0.05, 0.1) is 19.1 Å². The number of methoxy groups -OCH3 is 1. The number of hydrogen-bond acceptors (Lipinski definition) is 4. The van der Waals surface area contributed by atoms with Gasteiger partial charge in [0.2, 0.25) is 0 Å². The molecule has 0 bridgehead atoms. The summed E-state index contributed by atoms with van der Waals surface area (Å²) in [6.45, 7) is 5.36. The predicted octanol–water partition coefficient (Wildman–Crippen LogP) is 2.71. The summed E-state index contributed by atoms with van der Waals surface area (Å²) in [5, 5.41) is 10.1. The Hall–Kier alpha value is -1.55. The maximum Gasteiger partial charge on any atom is 0.308 e. The molecule has 0 aliphatic rings. The van der Waals surface area contributed by atoms with Crippen LogP contribution in [-0.2, 0) is 9.53 Å². The lowest BCUT2D eigenvalue weighted by atomic mass is 10.0. The lowest BCUT2D eigenvalue weighted by molar-refractivity contribution is -0.153. The smallest absolute Gasteiger partial charge is 0.308 e. The van der Waals surface area contributed by atoms with E-state index in [-0.39, 0.29) is 18.0 Å². The van der Waals surface area contributed by atoms with E-state index in [1.165, 1.54) is 0 Å². The summed E-state index contributed by atoms with van der Waals surface area (Å²) in [6.07, 6.45) is -0.585. The van der Waals surface area contributed by atoms with Gasteiger partial charge in [-0.25, -0.2) is 0 Å². The first-order valence-electron chi connectivity index (χ1n) is 6.46. The molecule has 1 N–H and O–H groups in total. The van der Waals surface area contributed by atoms with Gasteiger partial charge in [-0.1, -0.05) is 26.0 Å². The topological polar surface area (TPSA) is 55.8 Å². The van der Waals surface area contributed by atoms with Crippen molar-refractivity contribution in [3.05, 3.63) is 29.8 Å². The van der Waals surface area contributed by atoms with Crippen LogP contribution in [0.2, 0.25) is 0 Å². The summed E-state index contributed by atoms with van der Waals surface area (Å²) in [6, 6.07) is 7.20. The molecule has 0 radical (unpaired) electrons. The fraction of sp³-hybridized carbons (Fsp3) is 0.533. The van der Waals surface area contributed by atoms with E-state index in [1.54, 1.807) is 52.1 Å². The maximum absolute atomic E-state index is 11.4. The normalized spacial score (nSPS) is 14.0. The van der Waals surface area contributed by atoms with Gasteiger partial charge in [0.15, 0.2) is 0 Å². The van der Waals surface area contributed by atoms with Crippen LogP contribution in [0.5, 0.6) is 5.75 Å². The molecule has 0 saturated carbocycles. The van der Waals surface area contributed by atoms with E-state index >= 15 is 0 Å². The average molecular weight is 266 g/mol. The van der Waals surface area contributed by atoms with Crippen LogP contribution in [0, 0.1) is 5.92 Å². The molecule has 0 spiro atoms. The second kappa shape index (κ2) is 7.14. The first kappa shape index (κ1) is 15.5. The van der Waals surface area contributed by atoms with Gasteiger partial charge in [0.1, 0.15) is 11.9 Å². The molecule has 0 fully saturated rings. The molecule has 1 rings (SSSR count). The molecule has 19 heavy (non-hydrogen) atoms. The molecule has 0 saturated heterocycles. The highest BCUT2D eigenvalue weighted by molar-refractivity contribution is 5.71. The van der Waals surface area contributed by atoms with E-state index in [9.17, 15) is 9.90 Å². The molecule has 1 aromatic rings. The van der Waals surface area contributed by atoms with Crippen LogP contribution in [0.25, 0.3) is 0 Å². The zero-order valence-corrected chi connectivity index (χ0v) is 11.9. The largest absolute Gasteiger partial charge is 0.497 e. The molecule has 4 heteroatoms. The Kier molecular flexibility index (Phi) is 5.83. The van der Waals surface area contributed by atoms with E-state index < -0.39 is 6.10 Å². The van der Waals surface area contributed by atoms with Crippen LogP contribution in [0.3, 0.4) is 0 Å². The van der Waals surface area contributed by atoms with Gasteiger partial charge < -0.3 is 14.6 Å². The van der Waals surface area contributed by atoms with Gasteiger partial charge in [-0.15, -0.1) is 0 Å². The highest BCUT2D eigenvalue weighted by atomic mass is 16.5. The quantitative estimate of drug-likeness (QED) is 0.804. The van der Waals surface area contributed by atoms with Crippen molar-refractivity contribution >= 4 is 5.97 Å². The van der Waals surface area contributed by atoms with Gasteiger partial charge in [0, 0.05) is 6.42 Å². The van der Waals surface area contributed by atoms with Crippen molar-refractivity contribution in [2.75, 3.05) is 7.11 Å². The molecule has 106 valence electrons. The Morgan fingerprint density at radius 3 is 2.26 bits per heavy atom. The number of esters is 1. The van der Waals surface area contributed by atoms with Crippen LogP contribution in [0.15, 0.2) is 24.3 Å². The van der Waals surface area contributed by atoms with Gasteiger partial charge in [-0.2, -0.15) is 0 Å². The fourth-order valence-corrected chi connectivity index (χ4v) is 1.66. The van der Waals surface area contributed by atoms with E-state index in [0.717, 1.165) is 11.3 Å². The second-order valence-corrected chi connectivity index (χ2v) is 4.93. The van der Waals surface area contributed by atoms with Crippen molar-refractivity contribution in [3.63, 3.8) is 0 Å². The van der Waals surface area contributed by atoms with Crippen LogP contribution in [-0.4, -0.2) is 24.3 Å². The number of carbonyl (C=O) groups excluding carboxylic acids is 1. The lowest BCUT2D eigenvalue weighted by Gasteiger charge is -2.18. The summed E-state index contributed by atoms with van der Waals surface area (Å²) < 4.78 is 10.3. The second-order valence-electron chi connectivity index (χ2n) is 4.93. The summed E-state index contributed by atoms with van der Waals surface area (Å²) in [5.41, 5.74) is 0.785. The lowest BCUT2D eigenvalue weighted by Crippen LogP contribution is -2.21. The first-order valence-corrected chi connectivity index (χ1v) is 6.46. The minimum atomic E-state index is -0.652. The van der Waals surface area contributed by atoms with E-state index in [1.807, 2.05) is 0 Å². The van der Waals surface area contributed by atoms with E-state index in [0.29, 0.717) is 6.42 Å². The van der Waals surface area contributed by atoms with Crippen molar-refractivity contribution in [2.24, 2.45) is 5.92 Å². The van der Waals surface area contributed by atoms with Crippen molar-refractivity contribution in [3.8, 4) is 5.75 Å². The summed E-state index contributed by atoms with van der Waals surface area (Å²) in [5.74, 6) is 0.352. The molecule has 1 aromatic carbocycles. The number of aliphatic hydroxyl groups excluding tert-OH is 1. The monoisotopic (exact) mass is 266 g/mol. The number of benzene rings is 1. The van der Waals surface area contributed by atoms with Crippen molar-refractivity contribution in [2.45, 2.75) is 39.4 Å². The van der Waals surface area contributed by atoms with E-state index in [2.05, 4.69) is 0 Å². The average Bonchev–Trinajstić information content (AvgIpc) is 2.38. The third-order valence-corrected chi connectivity index (χ3v) is 2.84. The third kappa shape index (κ3) is 4.91. The van der Waals surface area contributed by atoms with Gasteiger partial charge in [0.25, 0.3) is 0 Å². The molecule has 0 heterocycles. The van der Waals surface area contributed by atoms with E-state index in [4.69, 9.17) is 9.47 Å². The van der Waals surface area contributed by atoms with Crippen LogP contribution >= 0.6 is 0 Å². The molecule has 0 aliphatic carbocycles. The molecule has 2 atom stereocenters. The van der Waals surface area contributed by atoms with Crippen LogP contribution < -0.4 is 4.74 Å². The summed E-state index contributed by atoms with van der Waals surface area (Å²) >= 11 is 0. The highest BCUT2D eigenvalue weighted by Gasteiger charge is 2.17. The Morgan fingerprint density at radius 1 is 1.21 bits per heavy atom. The minimum Gasteiger partial charge on any atom is -0.497 e. The number of carbonyl (C=O) groups is 1. The van der Waals surface area contributed by atoms with Crippen molar-refractivity contribution in [1.29, 1.82) is 0 Å². The molecule has 0 aromatic heterocycles. The summed E-state index contributed by atoms with van der Waals surface area (Å²) in [4.78, 5) is 11.4. The number of aliphatic hydroxyl groups is 1. The van der Waals surface area contributed by atoms with Crippen molar-refractivity contribution in [1.82, 2.24) is 0 Å². The number of ether oxygens (including phenoxy) is 2. The SMILES string of the molecule is COc1ccc(C(O)CC(C)OC(=O)C(C)C)cc1. The summed E-state index contributed by atoms with van der Waals surface area (Å²) in [7, 11) is 1.60. The maximum atomic E-state index is 11.4. The van der Waals surface area contributed by atoms with Crippen LogP contribution in [0.4, 0.5) is 0 Å². The molecular formula is C15H22O4.